The van der Waals surface area contributed by atoms with Crippen LogP contribution in [0.15, 0.2) is 24.4 Å². The van der Waals surface area contributed by atoms with E-state index < -0.39 is 5.82 Å². The summed E-state index contributed by atoms with van der Waals surface area (Å²) < 4.78 is 19.9. The molecule has 0 radical (unpaired) electrons. The summed E-state index contributed by atoms with van der Waals surface area (Å²) in [5, 5.41) is 9.65. The van der Waals surface area contributed by atoms with Crippen LogP contribution in [0.3, 0.4) is 0 Å². The first-order valence-electron chi connectivity index (χ1n) is 11.1. The van der Waals surface area contributed by atoms with Gasteiger partial charge in [-0.3, -0.25) is 4.79 Å². The first-order chi connectivity index (χ1) is 15.4. The van der Waals surface area contributed by atoms with Crippen LogP contribution < -0.4 is 16.0 Å². The van der Waals surface area contributed by atoms with Gasteiger partial charge in [-0.05, 0) is 55.8 Å². The first-order valence-corrected chi connectivity index (χ1v) is 11.5. The molecule has 172 valence electrons. The summed E-state index contributed by atoms with van der Waals surface area (Å²) >= 11 is 6.38. The quantitative estimate of drug-likeness (QED) is 0.600. The number of ether oxygens (including phenoxy) is 1. The Bertz CT molecular complexity index is 961. The SMILES string of the molecule is CC1(CNc2nc(-c3cc(NC(=O)[C@@H]4CCCNC4)ncc3Cl)ccc2F)CCOCC1. The number of piperidine rings is 1. The van der Waals surface area contributed by atoms with E-state index in [9.17, 15) is 9.18 Å². The highest BCUT2D eigenvalue weighted by molar-refractivity contribution is 6.33. The third-order valence-corrected chi connectivity index (χ3v) is 6.58. The topological polar surface area (TPSA) is 88.2 Å². The molecule has 2 aromatic rings. The average Bonchev–Trinajstić information content (AvgIpc) is 2.81. The number of hydrogen-bond donors (Lipinski definition) is 3. The van der Waals surface area contributed by atoms with Gasteiger partial charge in [0.15, 0.2) is 11.6 Å². The van der Waals surface area contributed by atoms with Gasteiger partial charge in [-0.15, -0.1) is 0 Å². The zero-order chi connectivity index (χ0) is 22.6. The highest BCUT2D eigenvalue weighted by atomic mass is 35.5. The van der Waals surface area contributed by atoms with Crippen molar-refractivity contribution in [2.45, 2.75) is 32.6 Å². The zero-order valence-electron chi connectivity index (χ0n) is 18.2. The molecule has 32 heavy (non-hydrogen) atoms. The molecule has 2 fully saturated rings. The smallest absolute Gasteiger partial charge is 0.229 e. The Morgan fingerprint density at radius 2 is 2.19 bits per heavy atom. The van der Waals surface area contributed by atoms with Gasteiger partial charge >= 0.3 is 0 Å². The lowest BCUT2D eigenvalue weighted by molar-refractivity contribution is -0.120. The van der Waals surface area contributed by atoms with E-state index in [-0.39, 0.29) is 23.1 Å². The number of carbonyl (C=O) groups is 1. The molecule has 4 rings (SSSR count). The van der Waals surface area contributed by atoms with Gasteiger partial charge in [0.1, 0.15) is 5.82 Å². The lowest BCUT2D eigenvalue weighted by Gasteiger charge is -2.33. The van der Waals surface area contributed by atoms with E-state index >= 15 is 0 Å². The largest absolute Gasteiger partial charge is 0.381 e. The highest BCUT2D eigenvalue weighted by Gasteiger charge is 2.27. The van der Waals surface area contributed by atoms with Gasteiger partial charge in [-0.25, -0.2) is 14.4 Å². The summed E-state index contributed by atoms with van der Waals surface area (Å²) in [7, 11) is 0. The molecule has 1 atom stereocenters. The number of aromatic nitrogens is 2. The molecule has 0 spiro atoms. The Hall–Kier alpha value is -2.29. The third-order valence-electron chi connectivity index (χ3n) is 6.28. The molecule has 2 aromatic heterocycles. The number of anilines is 2. The normalized spacial score (nSPS) is 20.5. The van der Waals surface area contributed by atoms with Gasteiger partial charge in [-0.2, -0.15) is 0 Å². The maximum Gasteiger partial charge on any atom is 0.229 e. The molecule has 2 aliphatic rings. The van der Waals surface area contributed by atoms with E-state index in [1.807, 2.05) is 0 Å². The molecule has 0 aliphatic carbocycles. The summed E-state index contributed by atoms with van der Waals surface area (Å²) in [5.41, 5.74) is 1.12. The van der Waals surface area contributed by atoms with Crippen molar-refractivity contribution in [1.82, 2.24) is 15.3 Å². The van der Waals surface area contributed by atoms with Crippen LogP contribution in [0.1, 0.15) is 32.6 Å². The zero-order valence-corrected chi connectivity index (χ0v) is 19.0. The summed E-state index contributed by atoms with van der Waals surface area (Å²) in [5.74, 6) is -0.00160. The molecule has 0 aromatic carbocycles. The maximum absolute atomic E-state index is 14.5. The maximum atomic E-state index is 14.5. The van der Waals surface area contributed by atoms with Gasteiger partial charge < -0.3 is 20.7 Å². The predicted octanol–water partition coefficient (Wildman–Crippen LogP) is 4.10. The van der Waals surface area contributed by atoms with E-state index in [0.29, 0.717) is 48.4 Å². The van der Waals surface area contributed by atoms with Gasteiger partial charge in [0.2, 0.25) is 5.91 Å². The number of hydrogen-bond acceptors (Lipinski definition) is 6. The molecule has 1 amide bonds. The van der Waals surface area contributed by atoms with Crippen molar-refractivity contribution in [3.8, 4) is 11.3 Å². The van der Waals surface area contributed by atoms with Gasteiger partial charge in [-0.1, -0.05) is 18.5 Å². The number of nitrogens with one attached hydrogen (secondary N) is 3. The van der Waals surface area contributed by atoms with Crippen molar-refractivity contribution >= 4 is 29.1 Å². The minimum atomic E-state index is -0.423. The number of pyridine rings is 2. The van der Waals surface area contributed by atoms with Crippen LogP contribution in [-0.4, -0.2) is 48.7 Å². The molecule has 4 heterocycles. The molecule has 0 unspecified atom stereocenters. The number of carbonyl (C=O) groups excluding carboxylic acids is 1. The van der Waals surface area contributed by atoms with E-state index in [4.69, 9.17) is 16.3 Å². The number of amides is 1. The second kappa shape index (κ2) is 10.1. The lowest BCUT2D eigenvalue weighted by atomic mass is 9.82. The fourth-order valence-electron chi connectivity index (χ4n) is 4.06. The molecule has 3 N–H and O–H groups in total. The first kappa shape index (κ1) is 22.9. The second-order valence-corrected chi connectivity index (χ2v) is 9.29. The Labute approximate surface area is 192 Å². The van der Waals surface area contributed by atoms with Gasteiger partial charge in [0.25, 0.3) is 0 Å². The molecular weight excluding hydrogens is 433 g/mol. The summed E-state index contributed by atoms with van der Waals surface area (Å²) in [6.45, 7) is 5.79. The van der Waals surface area contributed by atoms with Crippen LogP contribution in [-0.2, 0) is 9.53 Å². The number of halogens is 2. The van der Waals surface area contributed by atoms with E-state index in [1.54, 1.807) is 12.1 Å². The third kappa shape index (κ3) is 5.54. The van der Waals surface area contributed by atoms with Crippen molar-refractivity contribution in [3.63, 3.8) is 0 Å². The summed E-state index contributed by atoms with van der Waals surface area (Å²) in [6, 6.07) is 4.63. The van der Waals surface area contributed by atoms with E-state index in [0.717, 1.165) is 32.2 Å². The van der Waals surface area contributed by atoms with Crippen molar-refractivity contribution in [1.29, 1.82) is 0 Å². The number of nitrogens with zero attached hydrogens (tertiary/aromatic N) is 2. The van der Waals surface area contributed by atoms with Crippen LogP contribution in [0, 0.1) is 17.2 Å². The summed E-state index contributed by atoms with van der Waals surface area (Å²) in [6.07, 6.45) is 5.12. The Balaban J connectivity index is 1.50. The highest BCUT2D eigenvalue weighted by Crippen LogP contribution is 2.32. The molecular formula is C23H29ClFN5O2. The predicted molar refractivity (Wildman–Crippen MR) is 123 cm³/mol. The standard InChI is InChI=1S/C23H29ClFN5O2/c1-23(6-9-32-10-7-23)14-28-21-18(25)4-5-19(29-21)16-11-20(27-13-17(16)24)30-22(31)15-3-2-8-26-12-15/h4-5,11,13,15,26H,2-3,6-10,12,14H2,1H3,(H,28,29)(H,27,30,31)/t15-/m1/s1. The molecule has 7 nitrogen and oxygen atoms in total. The molecule has 9 heteroatoms. The van der Waals surface area contributed by atoms with Crippen LogP contribution in [0.5, 0.6) is 0 Å². The summed E-state index contributed by atoms with van der Waals surface area (Å²) in [4.78, 5) is 21.3. The molecule has 2 aliphatic heterocycles. The Kier molecular flexibility index (Phi) is 7.23. The van der Waals surface area contributed by atoms with Crippen molar-refractivity contribution in [2.75, 3.05) is 43.5 Å². The molecule has 0 bridgehead atoms. The van der Waals surface area contributed by atoms with Crippen LogP contribution in [0.2, 0.25) is 5.02 Å². The fourth-order valence-corrected chi connectivity index (χ4v) is 4.26. The number of rotatable bonds is 6. The van der Waals surface area contributed by atoms with Crippen LogP contribution in [0.4, 0.5) is 16.0 Å². The molecule has 0 saturated carbocycles. The van der Waals surface area contributed by atoms with E-state index in [1.165, 1.54) is 12.3 Å². The average molecular weight is 462 g/mol. The Morgan fingerprint density at radius 3 is 2.94 bits per heavy atom. The molecule has 2 saturated heterocycles. The fraction of sp³-hybridized carbons (Fsp3) is 0.522. The van der Waals surface area contributed by atoms with Gasteiger partial charge in [0.05, 0.1) is 16.6 Å². The minimum Gasteiger partial charge on any atom is -0.381 e. The van der Waals surface area contributed by atoms with Crippen molar-refractivity contribution < 1.29 is 13.9 Å². The van der Waals surface area contributed by atoms with E-state index in [2.05, 4.69) is 32.8 Å². The Morgan fingerprint density at radius 1 is 1.38 bits per heavy atom. The lowest BCUT2D eigenvalue weighted by Crippen LogP contribution is -2.37. The minimum absolute atomic E-state index is 0.0299. The monoisotopic (exact) mass is 461 g/mol. The van der Waals surface area contributed by atoms with Crippen LogP contribution >= 0.6 is 11.6 Å². The van der Waals surface area contributed by atoms with Crippen molar-refractivity contribution in [3.05, 3.63) is 35.2 Å². The van der Waals surface area contributed by atoms with Crippen LogP contribution in [0.25, 0.3) is 11.3 Å². The second-order valence-electron chi connectivity index (χ2n) is 8.89. The van der Waals surface area contributed by atoms with Crippen molar-refractivity contribution in [2.24, 2.45) is 11.3 Å². The van der Waals surface area contributed by atoms with Gasteiger partial charge in [0, 0.05) is 38.1 Å².